The summed E-state index contributed by atoms with van der Waals surface area (Å²) in [5.74, 6) is 1.55. The fourth-order valence-corrected chi connectivity index (χ4v) is 2.45. The Balaban J connectivity index is 1.79. The summed E-state index contributed by atoms with van der Waals surface area (Å²) in [5.41, 5.74) is 1.84. The number of nitrogens with zero attached hydrogens (tertiary/aromatic N) is 3. The molecule has 0 fully saturated rings. The van der Waals surface area contributed by atoms with E-state index < -0.39 is 6.04 Å². The van der Waals surface area contributed by atoms with Crippen LogP contribution in [-0.2, 0) is 0 Å². The summed E-state index contributed by atoms with van der Waals surface area (Å²) in [7, 11) is 1.59. The Labute approximate surface area is 151 Å². The first kappa shape index (κ1) is 17.7. The predicted molar refractivity (Wildman–Crippen MR) is 94.8 cm³/mol. The monoisotopic (exact) mass is 355 g/mol. The highest BCUT2D eigenvalue weighted by Gasteiger charge is 2.21. The zero-order valence-corrected chi connectivity index (χ0v) is 15.1. The smallest absolute Gasteiger partial charge is 0.255 e. The number of amides is 1. The molecule has 0 saturated heterocycles. The molecule has 0 unspecified atom stereocenters. The molecular weight excluding hydrogens is 334 g/mol. The van der Waals surface area contributed by atoms with Crippen LogP contribution < -0.4 is 10.1 Å². The average molecular weight is 355 g/mol. The Morgan fingerprint density at radius 1 is 1.31 bits per heavy atom. The van der Waals surface area contributed by atoms with E-state index in [9.17, 15) is 4.79 Å². The summed E-state index contributed by atoms with van der Waals surface area (Å²) in [6.07, 6.45) is 1.49. The number of rotatable bonds is 6. The fraction of sp³-hybridized carbons (Fsp3) is 0.333. The Kier molecular flexibility index (Phi) is 5.01. The molecule has 1 atom stereocenters. The number of benzene rings is 1. The van der Waals surface area contributed by atoms with E-state index in [-0.39, 0.29) is 11.8 Å². The average Bonchev–Trinajstić information content (AvgIpc) is 3.31. The van der Waals surface area contributed by atoms with Gasteiger partial charge in [-0.25, -0.2) is 0 Å². The highest BCUT2D eigenvalue weighted by atomic mass is 16.5. The number of methoxy groups -OCH3 is 1. The number of carbonyl (C=O) groups is 1. The lowest BCUT2D eigenvalue weighted by Crippen LogP contribution is -2.27. The zero-order chi connectivity index (χ0) is 18.7. The largest absolute Gasteiger partial charge is 0.497 e. The Morgan fingerprint density at radius 3 is 2.81 bits per heavy atom. The summed E-state index contributed by atoms with van der Waals surface area (Å²) >= 11 is 0. The van der Waals surface area contributed by atoms with Crippen LogP contribution in [0.5, 0.6) is 5.75 Å². The molecule has 0 aliphatic carbocycles. The Bertz CT molecular complexity index is 900. The van der Waals surface area contributed by atoms with Gasteiger partial charge in [0.25, 0.3) is 5.91 Å². The van der Waals surface area contributed by atoms with Crippen LogP contribution in [0.25, 0.3) is 11.3 Å². The molecule has 3 aromatic rings. The Hall–Kier alpha value is -3.16. The van der Waals surface area contributed by atoms with Crippen molar-refractivity contribution < 1.29 is 14.1 Å². The third-order valence-corrected chi connectivity index (χ3v) is 3.93. The SMILES string of the molecule is COc1cccc(-c2[nH]ncc2C(=O)N[C@@H](C)c2nc(C(C)C)no2)c1. The summed E-state index contributed by atoms with van der Waals surface area (Å²) in [5, 5.41) is 13.7. The lowest BCUT2D eigenvalue weighted by molar-refractivity contribution is 0.0933. The normalized spacial score (nSPS) is 12.2. The zero-order valence-electron chi connectivity index (χ0n) is 15.1. The fourth-order valence-electron chi connectivity index (χ4n) is 2.45. The van der Waals surface area contributed by atoms with Gasteiger partial charge in [-0.1, -0.05) is 31.1 Å². The lowest BCUT2D eigenvalue weighted by atomic mass is 10.1. The number of nitrogens with one attached hydrogen (secondary N) is 2. The minimum atomic E-state index is -0.421. The van der Waals surface area contributed by atoms with Gasteiger partial charge in [-0.2, -0.15) is 10.1 Å². The van der Waals surface area contributed by atoms with Crippen LogP contribution >= 0.6 is 0 Å². The van der Waals surface area contributed by atoms with E-state index in [4.69, 9.17) is 9.26 Å². The maximum Gasteiger partial charge on any atom is 0.255 e. The molecule has 0 saturated carbocycles. The van der Waals surface area contributed by atoms with E-state index in [2.05, 4.69) is 25.7 Å². The molecule has 136 valence electrons. The number of carbonyl (C=O) groups excluding carboxylic acids is 1. The topological polar surface area (TPSA) is 106 Å². The van der Waals surface area contributed by atoms with Gasteiger partial charge in [-0.05, 0) is 19.1 Å². The van der Waals surface area contributed by atoms with Crippen molar-refractivity contribution in [3.8, 4) is 17.0 Å². The maximum absolute atomic E-state index is 12.7. The van der Waals surface area contributed by atoms with Gasteiger partial charge >= 0.3 is 0 Å². The van der Waals surface area contributed by atoms with E-state index >= 15 is 0 Å². The molecular formula is C18H21N5O3. The summed E-state index contributed by atoms with van der Waals surface area (Å²) in [6, 6.07) is 6.98. The van der Waals surface area contributed by atoms with Crippen LogP contribution in [0.2, 0.25) is 0 Å². The summed E-state index contributed by atoms with van der Waals surface area (Å²) < 4.78 is 10.5. The van der Waals surface area contributed by atoms with Gasteiger partial charge in [-0.3, -0.25) is 9.89 Å². The first-order valence-electron chi connectivity index (χ1n) is 8.31. The van der Waals surface area contributed by atoms with Crippen LogP contribution in [0.1, 0.15) is 54.8 Å². The van der Waals surface area contributed by atoms with Crippen molar-refractivity contribution in [3.05, 3.63) is 47.7 Å². The quantitative estimate of drug-likeness (QED) is 0.704. The summed E-state index contributed by atoms with van der Waals surface area (Å²) in [4.78, 5) is 17.0. The number of ether oxygens (including phenoxy) is 1. The molecule has 1 aromatic carbocycles. The van der Waals surface area contributed by atoms with Crippen LogP contribution in [0.3, 0.4) is 0 Å². The van der Waals surface area contributed by atoms with Gasteiger partial charge in [0.2, 0.25) is 5.89 Å². The minimum Gasteiger partial charge on any atom is -0.497 e. The van der Waals surface area contributed by atoms with Crippen LogP contribution in [0.4, 0.5) is 0 Å². The molecule has 3 rings (SSSR count). The Morgan fingerprint density at radius 2 is 2.12 bits per heavy atom. The number of H-pyrrole nitrogens is 1. The number of hydrogen-bond donors (Lipinski definition) is 2. The van der Waals surface area contributed by atoms with Crippen molar-refractivity contribution in [2.45, 2.75) is 32.7 Å². The predicted octanol–water partition coefficient (Wildman–Crippen LogP) is 3.08. The van der Waals surface area contributed by atoms with Gasteiger partial charge in [0.15, 0.2) is 5.82 Å². The first-order valence-corrected chi connectivity index (χ1v) is 8.31. The lowest BCUT2D eigenvalue weighted by Gasteiger charge is -2.10. The van der Waals surface area contributed by atoms with Gasteiger partial charge in [0.1, 0.15) is 11.8 Å². The molecule has 0 bridgehead atoms. The van der Waals surface area contributed by atoms with Gasteiger partial charge in [0.05, 0.1) is 24.6 Å². The van der Waals surface area contributed by atoms with Crippen molar-refractivity contribution in [1.29, 1.82) is 0 Å². The van der Waals surface area contributed by atoms with Gasteiger partial charge < -0.3 is 14.6 Å². The second-order valence-corrected chi connectivity index (χ2v) is 6.23. The van der Waals surface area contributed by atoms with E-state index in [1.54, 1.807) is 14.0 Å². The summed E-state index contributed by atoms with van der Waals surface area (Å²) in [6.45, 7) is 5.74. The van der Waals surface area contributed by atoms with Crippen molar-refractivity contribution in [1.82, 2.24) is 25.7 Å². The highest BCUT2D eigenvalue weighted by Crippen LogP contribution is 2.25. The van der Waals surface area contributed by atoms with E-state index in [1.807, 2.05) is 38.1 Å². The molecule has 1 amide bonds. The third kappa shape index (κ3) is 3.58. The molecule has 0 spiro atoms. The standard InChI is InChI=1S/C18H21N5O3/c1-10(2)16-21-18(26-23-16)11(3)20-17(24)14-9-19-22-15(14)12-6-5-7-13(8-12)25-4/h5-11H,1-4H3,(H,19,22)(H,20,24)/t11-/m0/s1. The third-order valence-electron chi connectivity index (χ3n) is 3.93. The molecule has 8 heteroatoms. The van der Waals surface area contributed by atoms with E-state index in [1.165, 1.54) is 6.20 Å². The van der Waals surface area contributed by atoms with Crippen molar-refractivity contribution in [2.24, 2.45) is 0 Å². The second-order valence-electron chi connectivity index (χ2n) is 6.23. The molecule has 8 nitrogen and oxygen atoms in total. The highest BCUT2D eigenvalue weighted by molar-refractivity contribution is 5.99. The number of hydrogen-bond acceptors (Lipinski definition) is 6. The maximum atomic E-state index is 12.7. The number of aromatic amines is 1. The molecule has 2 heterocycles. The minimum absolute atomic E-state index is 0.156. The van der Waals surface area contributed by atoms with Crippen LogP contribution in [0.15, 0.2) is 35.0 Å². The molecule has 2 aromatic heterocycles. The van der Waals surface area contributed by atoms with Crippen molar-refractivity contribution >= 4 is 5.91 Å². The van der Waals surface area contributed by atoms with Crippen LogP contribution in [0, 0.1) is 0 Å². The molecule has 0 radical (unpaired) electrons. The van der Waals surface area contributed by atoms with Gasteiger partial charge in [0, 0.05) is 11.5 Å². The van der Waals surface area contributed by atoms with Gasteiger partial charge in [-0.15, -0.1) is 0 Å². The molecule has 26 heavy (non-hydrogen) atoms. The molecule has 0 aliphatic rings. The van der Waals surface area contributed by atoms with E-state index in [0.717, 1.165) is 5.56 Å². The first-order chi connectivity index (χ1) is 12.5. The molecule has 2 N–H and O–H groups in total. The second kappa shape index (κ2) is 7.38. The van der Waals surface area contributed by atoms with Crippen molar-refractivity contribution in [3.63, 3.8) is 0 Å². The number of aromatic nitrogens is 4. The van der Waals surface area contributed by atoms with Crippen molar-refractivity contribution in [2.75, 3.05) is 7.11 Å². The van der Waals surface area contributed by atoms with Crippen LogP contribution in [-0.4, -0.2) is 33.4 Å². The van der Waals surface area contributed by atoms with E-state index in [0.29, 0.717) is 28.7 Å². The molecule has 0 aliphatic heterocycles.